The van der Waals surface area contributed by atoms with Gasteiger partial charge in [-0.3, -0.25) is 4.79 Å². The smallest absolute Gasteiger partial charge is 0.404 e. The van der Waals surface area contributed by atoms with Crippen LogP contribution in [-0.2, 0) is 9.53 Å². The lowest BCUT2D eigenvalue weighted by Crippen LogP contribution is -2.25. The van der Waals surface area contributed by atoms with Crippen LogP contribution in [-0.4, -0.2) is 23.3 Å². The lowest BCUT2D eigenvalue weighted by Gasteiger charge is -2.15. The van der Waals surface area contributed by atoms with Crippen LogP contribution in [0.15, 0.2) is 12.2 Å². The van der Waals surface area contributed by atoms with E-state index in [1.54, 1.807) is 6.92 Å². The Bertz CT molecular complexity index is 253. The van der Waals surface area contributed by atoms with Crippen molar-refractivity contribution in [3.63, 3.8) is 0 Å². The molecule has 0 fully saturated rings. The second-order valence-corrected chi connectivity index (χ2v) is 4.09. The van der Waals surface area contributed by atoms with Gasteiger partial charge in [-0.25, -0.2) is 4.79 Å². The van der Waals surface area contributed by atoms with Gasteiger partial charge in [-0.1, -0.05) is 22.5 Å². The van der Waals surface area contributed by atoms with Crippen molar-refractivity contribution < 1.29 is 14.3 Å². The first-order chi connectivity index (χ1) is 6.97. The number of alkyl halides is 1. The molecule has 4 nitrogen and oxygen atoms in total. The predicted molar refractivity (Wildman–Crippen MR) is 61.9 cm³/mol. The van der Waals surface area contributed by atoms with Gasteiger partial charge in [0, 0.05) is 11.8 Å². The molecule has 0 aliphatic carbocycles. The van der Waals surface area contributed by atoms with Crippen molar-refractivity contribution in [3.05, 3.63) is 12.2 Å². The Labute approximate surface area is 98.0 Å². The average molecular weight is 278 g/mol. The molecule has 0 heterocycles. The SMILES string of the molecule is C=C(C)C(=O)CC(CCCBr)OC(N)=O. The number of ether oxygens (including phenoxy) is 1. The van der Waals surface area contributed by atoms with Crippen molar-refractivity contribution in [1.29, 1.82) is 0 Å². The fourth-order valence-electron chi connectivity index (χ4n) is 1.05. The largest absolute Gasteiger partial charge is 0.446 e. The molecular weight excluding hydrogens is 262 g/mol. The number of carbonyl (C=O) groups excluding carboxylic acids is 2. The van der Waals surface area contributed by atoms with Crippen molar-refractivity contribution in [1.82, 2.24) is 0 Å². The van der Waals surface area contributed by atoms with E-state index in [1.807, 2.05) is 0 Å². The standard InChI is InChI=1S/C10H16BrNO3/c1-7(2)9(13)6-8(4-3-5-11)15-10(12)14/h8H,1,3-6H2,2H3,(H2,12,14). The van der Waals surface area contributed by atoms with E-state index >= 15 is 0 Å². The highest BCUT2D eigenvalue weighted by atomic mass is 79.9. The number of amides is 1. The van der Waals surface area contributed by atoms with Gasteiger partial charge >= 0.3 is 6.09 Å². The van der Waals surface area contributed by atoms with Gasteiger partial charge in [0.05, 0.1) is 0 Å². The molecule has 1 atom stereocenters. The summed E-state index contributed by atoms with van der Waals surface area (Å²) in [6.45, 7) is 5.17. The van der Waals surface area contributed by atoms with Gasteiger partial charge in [-0.2, -0.15) is 0 Å². The van der Waals surface area contributed by atoms with E-state index < -0.39 is 12.2 Å². The third-order valence-corrected chi connectivity index (χ3v) is 2.39. The Morgan fingerprint density at radius 3 is 2.53 bits per heavy atom. The molecule has 15 heavy (non-hydrogen) atoms. The highest BCUT2D eigenvalue weighted by molar-refractivity contribution is 9.09. The topological polar surface area (TPSA) is 69.4 Å². The number of halogens is 1. The van der Waals surface area contributed by atoms with Crippen LogP contribution in [0.25, 0.3) is 0 Å². The maximum absolute atomic E-state index is 11.4. The first-order valence-corrected chi connectivity index (χ1v) is 5.80. The molecule has 0 saturated heterocycles. The summed E-state index contributed by atoms with van der Waals surface area (Å²) in [4.78, 5) is 21.9. The van der Waals surface area contributed by atoms with E-state index in [4.69, 9.17) is 10.5 Å². The zero-order chi connectivity index (χ0) is 11.8. The summed E-state index contributed by atoms with van der Waals surface area (Å²) in [5.41, 5.74) is 5.38. The van der Waals surface area contributed by atoms with Crippen LogP contribution in [0, 0.1) is 0 Å². The van der Waals surface area contributed by atoms with Crippen LogP contribution in [0.1, 0.15) is 26.2 Å². The number of Topliss-reactive ketones (excluding diaryl/α,β-unsaturated/α-hetero) is 1. The molecule has 0 radical (unpaired) electrons. The molecule has 0 bridgehead atoms. The van der Waals surface area contributed by atoms with E-state index in [1.165, 1.54) is 0 Å². The van der Waals surface area contributed by atoms with E-state index in [0.29, 0.717) is 12.0 Å². The third kappa shape index (κ3) is 7.13. The number of hydrogen-bond acceptors (Lipinski definition) is 3. The average Bonchev–Trinajstić information content (AvgIpc) is 2.13. The number of allylic oxidation sites excluding steroid dienone is 1. The van der Waals surface area contributed by atoms with Gasteiger partial charge in [0.25, 0.3) is 0 Å². The monoisotopic (exact) mass is 277 g/mol. The third-order valence-electron chi connectivity index (χ3n) is 1.83. The van der Waals surface area contributed by atoms with E-state index in [9.17, 15) is 9.59 Å². The quantitative estimate of drug-likeness (QED) is 0.573. The molecule has 86 valence electrons. The minimum absolute atomic E-state index is 0.101. The van der Waals surface area contributed by atoms with E-state index in [0.717, 1.165) is 11.8 Å². The number of nitrogens with two attached hydrogens (primary N) is 1. The predicted octanol–water partition coefficient (Wildman–Crippen LogP) is 2.16. The van der Waals surface area contributed by atoms with Gasteiger partial charge in [0.15, 0.2) is 5.78 Å². The minimum Gasteiger partial charge on any atom is -0.446 e. The molecule has 0 rings (SSSR count). The molecule has 0 saturated carbocycles. The summed E-state index contributed by atoms with van der Waals surface area (Å²) in [5.74, 6) is -0.101. The minimum atomic E-state index is -0.843. The normalized spacial score (nSPS) is 11.9. The van der Waals surface area contributed by atoms with Crippen LogP contribution in [0.2, 0.25) is 0 Å². The number of carbonyl (C=O) groups is 2. The van der Waals surface area contributed by atoms with Crippen LogP contribution in [0.3, 0.4) is 0 Å². The number of hydrogen-bond donors (Lipinski definition) is 1. The molecule has 1 unspecified atom stereocenters. The first-order valence-electron chi connectivity index (χ1n) is 4.68. The second kappa shape index (κ2) is 7.45. The number of rotatable bonds is 7. The summed E-state index contributed by atoms with van der Waals surface area (Å²) in [6.07, 6.45) is 0.313. The molecule has 0 aromatic heterocycles. The zero-order valence-corrected chi connectivity index (χ0v) is 10.4. The van der Waals surface area contributed by atoms with E-state index in [-0.39, 0.29) is 12.2 Å². The fourth-order valence-corrected chi connectivity index (χ4v) is 1.38. The van der Waals surface area contributed by atoms with Gasteiger partial charge < -0.3 is 10.5 Å². The molecule has 1 amide bonds. The Morgan fingerprint density at radius 2 is 2.13 bits per heavy atom. The lowest BCUT2D eigenvalue weighted by atomic mass is 10.0. The zero-order valence-electron chi connectivity index (χ0n) is 8.79. The molecule has 0 aromatic rings. The Balaban J connectivity index is 4.16. The number of primary amides is 1. The summed E-state index contributed by atoms with van der Waals surface area (Å²) in [6, 6.07) is 0. The molecule has 0 aliphatic heterocycles. The first kappa shape index (κ1) is 14.2. The van der Waals surface area contributed by atoms with Crippen molar-refractivity contribution in [2.24, 2.45) is 5.73 Å². The van der Waals surface area contributed by atoms with Gasteiger partial charge in [-0.15, -0.1) is 0 Å². The van der Waals surface area contributed by atoms with Crippen LogP contribution in [0.5, 0.6) is 0 Å². The molecule has 0 spiro atoms. The summed E-state index contributed by atoms with van der Waals surface area (Å²) in [5, 5.41) is 0.798. The lowest BCUT2D eigenvalue weighted by molar-refractivity contribution is -0.117. The molecule has 0 aliphatic rings. The summed E-state index contributed by atoms with van der Waals surface area (Å²) in [7, 11) is 0. The fraction of sp³-hybridized carbons (Fsp3) is 0.600. The Morgan fingerprint density at radius 1 is 1.53 bits per heavy atom. The van der Waals surface area contributed by atoms with Gasteiger partial charge in [0.2, 0.25) is 0 Å². The maximum atomic E-state index is 11.4. The van der Waals surface area contributed by atoms with E-state index in [2.05, 4.69) is 22.5 Å². The van der Waals surface area contributed by atoms with Crippen molar-refractivity contribution in [2.75, 3.05) is 5.33 Å². The summed E-state index contributed by atoms with van der Waals surface area (Å²) >= 11 is 3.27. The highest BCUT2D eigenvalue weighted by Gasteiger charge is 2.16. The highest BCUT2D eigenvalue weighted by Crippen LogP contribution is 2.11. The van der Waals surface area contributed by atoms with Gasteiger partial charge in [0.1, 0.15) is 6.10 Å². The molecule has 5 heteroatoms. The molecule has 0 aromatic carbocycles. The van der Waals surface area contributed by atoms with Gasteiger partial charge in [-0.05, 0) is 25.3 Å². The van der Waals surface area contributed by atoms with Crippen LogP contribution in [0.4, 0.5) is 4.79 Å². The summed E-state index contributed by atoms with van der Waals surface area (Å²) < 4.78 is 4.83. The van der Waals surface area contributed by atoms with Crippen molar-refractivity contribution in [2.45, 2.75) is 32.3 Å². The molecular formula is C10H16BrNO3. The maximum Gasteiger partial charge on any atom is 0.404 e. The van der Waals surface area contributed by atoms with Crippen LogP contribution < -0.4 is 5.73 Å². The molecule has 2 N–H and O–H groups in total. The van der Waals surface area contributed by atoms with Crippen molar-refractivity contribution in [3.8, 4) is 0 Å². The van der Waals surface area contributed by atoms with Crippen LogP contribution >= 0.6 is 15.9 Å². The Hall–Kier alpha value is -0.840. The van der Waals surface area contributed by atoms with Crippen molar-refractivity contribution >= 4 is 27.8 Å². The Kier molecular flexibility index (Phi) is 7.03. The second-order valence-electron chi connectivity index (χ2n) is 3.30. The number of ketones is 1.